The van der Waals surface area contributed by atoms with E-state index in [-0.39, 0.29) is 16.3 Å². The number of halogens is 2. The van der Waals surface area contributed by atoms with Gasteiger partial charge in [-0.3, -0.25) is 0 Å². The van der Waals surface area contributed by atoms with Gasteiger partial charge in [-0.25, -0.2) is 9.38 Å². The van der Waals surface area contributed by atoms with Crippen LogP contribution in [0.2, 0.25) is 5.02 Å². The summed E-state index contributed by atoms with van der Waals surface area (Å²) in [6, 6.07) is 5.74. The van der Waals surface area contributed by atoms with E-state index < -0.39 is 5.67 Å². The molecule has 0 aliphatic carbocycles. The molecule has 5 nitrogen and oxygen atoms in total. The Morgan fingerprint density at radius 2 is 2.11 bits per heavy atom. The van der Waals surface area contributed by atoms with E-state index in [0.717, 1.165) is 22.8 Å². The number of aryl methyl sites for hydroxylation is 1. The van der Waals surface area contributed by atoms with E-state index in [4.69, 9.17) is 16.3 Å². The summed E-state index contributed by atoms with van der Waals surface area (Å²) in [6.45, 7) is 8.73. The van der Waals surface area contributed by atoms with E-state index in [9.17, 15) is 9.65 Å². The SMILES string of the molecule is Cc1cc(Oc2snc(C(C)(C)F)c2C#N)c(Cl)cc1/N=C\N(C)C(C)C. The van der Waals surface area contributed by atoms with E-state index in [1.807, 2.05) is 24.9 Å². The molecule has 0 saturated heterocycles. The summed E-state index contributed by atoms with van der Waals surface area (Å²) < 4.78 is 24.0. The second-order valence-corrected chi connectivity index (χ2v) is 8.10. The fourth-order valence-corrected chi connectivity index (χ4v) is 3.14. The Morgan fingerprint density at radius 1 is 1.44 bits per heavy atom. The fraction of sp³-hybridized carbons (Fsp3) is 0.421. The third kappa shape index (κ3) is 4.96. The number of alkyl halides is 1. The first kappa shape index (κ1) is 21.1. The summed E-state index contributed by atoms with van der Waals surface area (Å²) in [5, 5.41) is 9.94. The molecule has 1 heterocycles. The van der Waals surface area contributed by atoms with Crippen molar-refractivity contribution in [2.45, 2.75) is 46.3 Å². The number of nitrogens with zero attached hydrogens (tertiary/aromatic N) is 4. The Hall–Kier alpha value is -2.17. The maximum absolute atomic E-state index is 14.2. The van der Waals surface area contributed by atoms with Crippen molar-refractivity contribution in [3.63, 3.8) is 0 Å². The molecule has 0 atom stereocenters. The van der Waals surface area contributed by atoms with Crippen molar-refractivity contribution >= 4 is 35.2 Å². The van der Waals surface area contributed by atoms with Crippen molar-refractivity contribution in [1.82, 2.24) is 9.27 Å². The molecule has 0 saturated carbocycles. The van der Waals surface area contributed by atoms with Crippen LogP contribution in [0.1, 0.15) is 44.5 Å². The highest BCUT2D eigenvalue weighted by Gasteiger charge is 2.29. The summed E-state index contributed by atoms with van der Waals surface area (Å²) in [5.41, 5.74) is -0.00560. The number of hydrogen-bond acceptors (Lipinski definition) is 5. The molecule has 0 aliphatic heterocycles. The van der Waals surface area contributed by atoms with Crippen molar-refractivity contribution < 1.29 is 9.13 Å². The van der Waals surface area contributed by atoms with Gasteiger partial charge in [-0.1, -0.05) is 11.6 Å². The van der Waals surface area contributed by atoms with Gasteiger partial charge in [0.2, 0.25) is 5.06 Å². The molecule has 0 fully saturated rings. The monoisotopic (exact) mass is 408 g/mol. The van der Waals surface area contributed by atoms with Crippen molar-refractivity contribution in [3.05, 3.63) is 34.0 Å². The van der Waals surface area contributed by atoms with Gasteiger partial charge in [0.25, 0.3) is 0 Å². The molecule has 0 N–H and O–H groups in total. The molecule has 0 amide bonds. The van der Waals surface area contributed by atoms with E-state index in [0.29, 0.717) is 16.8 Å². The second kappa shape index (κ2) is 8.24. The van der Waals surface area contributed by atoms with E-state index in [1.54, 1.807) is 18.5 Å². The molecular formula is C19H22ClFN4OS. The highest BCUT2D eigenvalue weighted by atomic mass is 35.5. The lowest BCUT2D eigenvalue weighted by Gasteiger charge is -2.17. The first-order valence-electron chi connectivity index (χ1n) is 8.37. The van der Waals surface area contributed by atoms with Crippen molar-refractivity contribution in [3.8, 4) is 16.9 Å². The molecule has 0 aliphatic rings. The Balaban J connectivity index is 2.33. The number of aromatic nitrogens is 1. The molecule has 2 aromatic rings. The van der Waals surface area contributed by atoms with Gasteiger partial charge in [0, 0.05) is 24.6 Å². The summed E-state index contributed by atoms with van der Waals surface area (Å²) >= 11 is 7.27. The third-order valence-electron chi connectivity index (χ3n) is 3.98. The number of ether oxygens (including phenoxy) is 1. The molecule has 2 rings (SSSR count). The standard InChI is InChI=1S/C19H22ClFN4OS/c1-11(2)25(6)10-23-15-8-14(20)16(7-12(15)3)26-18-13(9-22)17(24-27-18)19(4,5)21/h7-8,10-11H,1-6H3/b23-10-. The van der Waals surface area contributed by atoms with Gasteiger partial charge in [0.05, 0.1) is 17.0 Å². The highest BCUT2D eigenvalue weighted by Crippen LogP contribution is 2.41. The topological polar surface area (TPSA) is 61.5 Å². The fourth-order valence-electron chi connectivity index (χ4n) is 2.10. The number of benzene rings is 1. The summed E-state index contributed by atoms with van der Waals surface area (Å²) in [7, 11) is 1.94. The van der Waals surface area contributed by atoms with Gasteiger partial charge in [-0.15, -0.1) is 0 Å². The van der Waals surface area contributed by atoms with Gasteiger partial charge in [0.15, 0.2) is 0 Å². The zero-order valence-corrected chi connectivity index (χ0v) is 17.7. The van der Waals surface area contributed by atoms with E-state index in [1.165, 1.54) is 13.8 Å². The van der Waals surface area contributed by atoms with Crippen LogP contribution in [0, 0.1) is 18.3 Å². The predicted molar refractivity (Wildman–Crippen MR) is 108 cm³/mol. The van der Waals surface area contributed by atoms with Crippen LogP contribution in [-0.4, -0.2) is 28.7 Å². The van der Waals surface area contributed by atoms with Crippen LogP contribution in [0.15, 0.2) is 17.1 Å². The molecule has 144 valence electrons. The minimum absolute atomic E-state index is 0.0655. The lowest BCUT2D eigenvalue weighted by molar-refractivity contribution is 0.215. The van der Waals surface area contributed by atoms with Gasteiger partial charge in [-0.2, -0.15) is 9.64 Å². The lowest BCUT2D eigenvalue weighted by atomic mass is 10.0. The Bertz CT molecular complexity index is 896. The largest absolute Gasteiger partial charge is 0.442 e. The molecular weight excluding hydrogens is 387 g/mol. The Labute approximate surface area is 168 Å². The number of nitriles is 1. The zero-order valence-electron chi connectivity index (χ0n) is 16.2. The number of rotatable bonds is 6. The molecule has 27 heavy (non-hydrogen) atoms. The van der Waals surface area contributed by atoms with Crippen LogP contribution < -0.4 is 4.74 Å². The average molecular weight is 409 g/mol. The van der Waals surface area contributed by atoms with Crippen molar-refractivity contribution in [2.75, 3.05) is 7.05 Å². The van der Waals surface area contributed by atoms with Crippen molar-refractivity contribution in [1.29, 1.82) is 5.26 Å². The molecule has 0 unspecified atom stereocenters. The van der Waals surface area contributed by atoms with Gasteiger partial charge in [0.1, 0.15) is 28.7 Å². The minimum Gasteiger partial charge on any atom is -0.442 e. The summed E-state index contributed by atoms with van der Waals surface area (Å²) in [5.74, 6) is 0.369. The number of hydrogen-bond donors (Lipinski definition) is 0. The second-order valence-electron chi connectivity index (χ2n) is 6.95. The summed E-state index contributed by atoms with van der Waals surface area (Å²) in [6.07, 6.45) is 1.75. The van der Waals surface area contributed by atoms with Crippen LogP contribution in [-0.2, 0) is 5.67 Å². The van der Waals surface area contributed by atoms with E-state index in [2.05, 4.69) is 23.2 Å². The normalized spacial score (nSPS) is 11.9. The van der Waals surface area contributed by atoms with Gasteiger partial charge in [-0.05, 0) is 52.3 Å². The minimum atomic E-state index is -1.73. The third-order valence-corrected chi connectivity index (χ3v) is 5.00. The maximum atomic E-state index is 14.2. The molecule has 0 radical (unpaired) electrons. The molecule has 8 heteroatoms. The smallest absolute Gasteiger partial charge is 0.218 e. The zero-order chi connectivity index (χ0) is 20.4. The van der Waals surface area contributed by atoms with Crippen LogP contribution in [0.5, 0.6) is 10.8 Å². The Kier molecular flexibility index (Phi) is 6.45. The van der Waals surface area contributed by atoms with Crippen LogP contribution in [0.4, 0.5) is 10.1 Å². The Morgan fingerprint density at radius 3 is 2.67 bits per heavy atom. The van der Waals surface area contributed by atoms with Gasteiger partial charge >= 0.3 is 0 Å². The van der Waals surface area contributed by atoms with Crippen LogP contribution in [0.25, 0.3) is 0 Å². The predicted octanol–water partition coefficient (Wildman–Crippen LogP) is 5.97. The summed E-state index contributed by atoms with van der Waals surface area (Å²) in [4.78, 5) is 6.44. The van der Waals surface area contributed by atoms with E-state index >= 15 is 0 Å². The van der Waals surface area contributed by atoms with Crippen LogP contribution in [0.3, 0.4) is 0 Å². The average Bonchev–Trinajstić information content (AvgIpc) is 2.99. The molecule has 0 spiro atoms. The highest BCUT2D eigenvalue weighted by molar-refractivity contribution is 7.08. The lowest BCUT2D eigenvalue weighted by Crippen LogP contribution is -2.24. The molecule has 0 bridgehead atoms. The molecule has 1 aromatic carbocycles. The quantitative estimate of drug-likeness (QED) is 0.436. The first-order chi connectivity index (χ1) is 12.5. The number of aliphatic imine (C=N–C) groups is 1. The van der Waals surface area contributed by atoms with Crippen molar-refractivity contribution in [2.24, 2.45) is 4.99 Å². The van der Waals surface area contributed by atoms with Gasteiger partial charge < -0.3 is 9.64 Å². The van der Waals surface area contributed by atoms with Crippen LogP contribution >= 0.6 is 23.1 Å². The molecule has 1 aromatic heterocycles. The first-order valence-corrected chi connectivity index (χ1v) is 9.53. The maximum Gasteiger partial charge on any atom is 0.218 e.